The molecular formula is C26H36ClN5O3. The molecule has 0 N–H and O–H groups in total. The number of rotatable bonds is 5. The average Bonchev–Trinajstić information content (AvgIpc) is 2.86. The van der Waals surface area contributed by atoms with Gasteiger partial charge < -0.3 is 14.5 Å². The maximum atomic E-state index is 13.6. The van der Waals surface area contributed by atoms with Gasteiger partial charge in [0.15, 0.2) is 0 Å². The molecule has 0 aliphatic carbocycles. The zero-order valence-electron chi connectivity index (χ0n) is 21.3. The molecule has 2 aromatic rings. The van der Waals surface area contributed by atoms with Crippen molar-refractivity contribution in [2.75, 3.05) is 44.8 Å². The molecule has 0 unspecified atom stereocenters. The van der Waals surface area contributed by atoms with Crippen molar-refractivity contribution in [3.8, 4) is 0 Å². The topological polar surface area (TPSA) is 78.9 Å². The van der Waals surface area contributed by atoms with Crippen LogP contribution < -0.4 is 4.90 Å². The standard InChI is InChI=1S/C26H36ClN5O3/c1-18(2)25-28-14-21(15-29-25)26(34)31-12-11-30(19(3)4)9-6-10-32(24(33)17-35-5)23-13-22(27)8-7-20(23)16-31/h7-8,13-15,18-19H,6,9-12,16-17H2,1-5H3. The lowest BCUT2D eigenvalue weighted by Crippen LogP contribution is -2.41. The van der Waals surface area contributed by atoms with Gasteiger partial charge in [0.2, 0.25) is 0 Å². The van der Waals surface area contributed by atoms with E-state index in [0.29, 0.717) is 47.8 Å². The van der Waals surface area contributed by atoms with Crippen LogP contribution >= 0.6 is 11.6 Å². The molecule has 3 rings (SSSR count). The highest BCUT2D eigenvalue weighted by atomic mass is 35.5. The van der Waals surface area contributed by atoms with Gasteiger partial charge in [-0.15, -0.1) is 0 Å². The Morgan fingerprint density at radius 3 is 2.40 bits per heavy atom. The van der Waals surface area contributed by atoms with E-state index in [1.54, 1.807) is 34.3 Å². The Kier molecular flexibility index (Phi) is 9.60. The number of benzene rings is 1. The summed E-state index contributed by atoms with van der Waals surface area (Å²) in [7, 11) is 1.51. The quantitative estimate of drug-likeness (QED) is 0.616. The number of aromatic nitrogens is 2. The SMILES string of the molecule is COCC(=O)N1CCCN(C(C)C)CCN(C(=O)c2cnc(C(C)C)nc2)Cc2ccc(Cl)cc21. The Hall–Kier alpha value is -2.55. The molecule has 0 bridgehead atoms. The summed E-state index contributed by atoms with van der Waals surface area (Å²) in [4.78, 5) is 41.3. The summed E-state index contributed by atoms with van der Waals surface area (Å²) in [5, 5.41) is 0.535. The van der Waals surface area contributed by atoms with E-state index in [9.17, 15) is 9.59 Å². The first kappa shape index (κ1) is 27.0. The van der Waals surface area contributed by atoms with E-state index < -0.39 is 0 Å². The van der Waals surface area contributed by atoms with Gasteiger partial charge in [0.25, 0.3) is 11.8 Å². The molecule has 1 aromatic heterocycles. The lowest BCUT2D eigenvalue weighted by molar-refractivity contribution is -0.122. The number of nitrogens with zero attached hydrogens (tertiary/aromatic N) is 5. The van der Waals surface area contributed by atoms with Crippen molar-refractivity contribution >= 4 is 29.1 Å². The van der Waals surface area contributed by atoms with Gasteiger partial charge in [-0.25, -0.2) is 9.97 Å². The highest BCUT2D eigenvalue weighted by molar-refractivity contribution is 6.31. The molecule has 1 aromatic carbocycles. The summed E-state index contributed by atoms with van der Waals surface area (Å²) in [5.41, 5.74) is 2.01. The van der Waals surface area contributed by atoms with Crippen molar-refractivity contribution in [3.05, 3.63) is 52.6 Å². The molecule has 0 saturated carbocycles. The third-order valence-corrected chi connectivity index (χ3v) is 6.44. The summed E-state index contributed by atoms with van der Waals surface area (Å²) in [5.74, 6) is 0.613. The number of ether oxygens (including phenoxy) is 1. The molecule has 35 heavy (non-hydrogen) atoms. The normalized spacial score (nSPS) is 15.8. The molecule has 2 heterocycles. The van der Waals surface area contributed by atoms with Crippen LogP contribution in [0.4, 0.5) is 5.69 Å². The van der Waals surface area contributed by atoms with Gasteiger partial charge in [0.1, 0.15) is 12.4 Å². The van der Waals surface area contributed by atoms with E-state index in [2.05, 4.69) is 28.7 Å². The Labute approximate surface area is 213 Å². The van der Waals surface area contributed by atoms with E-state index in [1.165, 1.54) is 7.11 Å². The molecule has 1 aliphatic rings. The lowest BCUT2D eigenvalue weighted by Gasteiger charge is -2.30. The van der Waals surface area contributed by atoms with Gasteiger partial charge in [0, 0.05) is 69.2 Å². The second-order valence-electron chi connectivity index (χ2n) is 9.45. The second-order valence-corrected chi connectivity index (χ2v) is 9.88. The van der Waals surface area contributed by atoms with Crippen LogP contribution in [0.15, 0.2) is 30.6 Å². The fourth-order valence-electron chi connectivity index (χ4n) is 4.20. The molecule has 190 valence electrons. The Morgan fingerprint density at radius 2 is 1.77 bits per heavy atom. The predicted molar refractivity (Wildman–Crippen MR) is 138 cm³/mol. The minimum atomic E-state index is -0.140. The molecule has 0 fully saturated rings. The average molecular weight is 502 g/mol. The van der Waals surface area contributed by atoms with E-state index in [-0.39, 0.29) is 24.3 Å². The smallest absolute Gasteiger partial charge is 0.257 e. The number of hydrogen-bond acceptors (Lipinski definition) is 6. The largest absolute Gasteiger partial charge is 0.375 e. The number of methoxy groups -OCH3 is 1. The van der Waals surface area contributed by atoms with Crippen LogP contribution in [-0.2, 0) is 16.1 Å². The van der Waals surface area contributed by atoms with Gasteiger partial charge in [-0.3, -0.25) is 14.5 Å². The van der Waals surface area contributed by atoms with Crippen LogP contribution in [-0.4, -0.2) is 77.5 Å². The van der Waals surface area contributed by atoms with Crippen molar-refractivity contribution in [1.29, 1.82) is 0 Å². The molecule has 0 radical (unpaired) electrons. The summed E-state index contributed by atoms with van der Waals surface area (Å²) in [6.07, 6.45) is 4.00. The number of anilines is 1. The van der Waals surface area contributed by atoms with Gasteiger partial charge in [-0.2, -0.15) is 0 Å². The van der Waals surface area contributed by atoms with Crippen LogP contribution in [0.25, 0.3) is 0 Å². The second kappa shape index (κ2) is 12.4. The van der Waals surface area contributed by atoms with Crippen molar-refractivity contribution in [2.24, 2.45) is 0 Å². The van der Waals surface area contributed by atoms with Gasteiger partial charge in [-0.05, 0) is 38.0 Å². The zero-order chi connectivity index (χ0) is 25.5. The fourth-order valence-corrected chi connectivity index (χ4v) is 4.37. The van der Waals surface area contributed by atoms with E-state index in [4.69, 9.17) is 16.3 Å². The molecule has 0 saturated heterocycles. The number of carbonyl (C=O) groups is 2. The van der Waals surface area contributed by atoms with Crippen molar-refractivity contribution in [2.45, 2.75) is 52.6 Å². The monoisotopic (exact) mass is 501 g/mol. The maximum absolute atomic E-state index is 13.6. The van der Waals surface area contributed by atoms with Crippen LogP contribution in [0.1, 0.15) is 61.8 Å². The first-order valence-corrected chi connectivity index (χ1v) is 12.5. The van der Waals surface area contributed by atoms with Crippen molar-refractivity contribution in [3.63, 3.8) is 0 Å². The van der Waals surface area contributed by atoms with Gasteiger partial charge in [-0.1, -0.05) is 31.5 Å². The van der Waals surface area contributed by atoms with E-state index in [0.717, 1.165) is 25.1 Å². The summed E-state index contributed by atoms with van der Waals surface area (Å²) in [6.45, 7) is 11.2. The van der Waals surface area contributed by atoms with Crippen molar-refractivity contribution in [1.82, 2.24) is 19.8 Å². The van der Waals surface area contributed by atoms with Crippen LogP contribution in [0, 0.1) is 0 Å². The molecule has 8 nitrogen and oxygen atoms in total. The molecule has 1 aliphatic heterocycles. The predicted octanol–water partition coefficient (Wildman–Crippen LogP) is 3.99. The highest BCUT2D eigenvalue weighted by Gasteiger charge is 2.25. The third kappa shape index (κ3) is 6.99. The van der Waals surface area contributed by atoms with Crippen LogP contribution in [0.5, 0.6) is 0 Å². The zero-order valence-corrected chi connectivity index (χ0v) is 22.1. The molecule has 0 atom stereocenters. The summed E-state index contributed by atoms with van der Waals surface area (Å²) in [6, 6.07) is 5.79. The molecule has 9 heteroatoms. The maximum Gasteiger partial charge on any atom is 0.257 e. The van der Waals surface area contributed by atoms with Crippen molar-refractivity contribution < 1.29 is 14.3 Å². The minimum Gasteiger partial charge on any atom is -0.375 e. The molecule has 0 spiro atoms. The Morgan fingerprint density at radius 1 is 1.06 bits per heavy atom. The number of hydrogen-bond donors (Lipinski definition) is 0. The highest BCUT2D eigenvalue weighted by Crippen LogP contribution is 2.28. The fraction of sp³-hybridized carbons (Fsp3) is 0.538. The van der Waals surface area contributed by atoms with Gasteiger partial charge in [0.05, 0.1) is 11.3 Å². The molecule has 2 amide bonds. The first-order valence-electron chi connectivity index (χ1n) is 12.1. The number of fused-ring (bicyclic) bond motifs is 1. The van der Waals surface area contributed by atoms with Gasteiger partial charge >= 0.3 is 0 Å². The summed E-state index contributed by atoms with van der Waals surface area (Å²) < 4.78 is 5.14. The number of carbonyl (C=O) groups excluding carboxylic acids is 2. The minimum absolute atomic E-state index is 0.0258. The summed E-state index contributed by atoms with van der Waals surface area (Å²) >= 11 is 6.35. The third-order valence-electron chi connectivity index (χ3n) is 6.21. The van der Waals surface area contributed by atoms with Crippen LogP contribution in [0.2, 0.25) is 5.02 Å². The van der Waals surface area contributed by atoms with E-state index in [1.807, 2.05) is 19.9 Å². The van der Waals surface area contributed by atoms with Crippen LogP contribution in [0.3, 0.4) is 0 Å². The molecular weight excluding hydrogens is 466 g/mol. The lowest BCUT2D eigenvalue weighted by atomic mass is 10.1. The first-order chi connectivity index (χ1) is 16.7. The Balaban J connectivity index is 2.01. The van der Waals surface area contributed by atoms with E-state index >= 15 is 0 Å². The Bertz CT molecular complexity index is 1010. The number of amides is 2. The number of halogens is 1.